The van der Waals surface area contributed by atoms with Crippen LogP contribution in [0, 0.1) is 0 Å². The minimum Gasteiger partial charge on any atom is -0.493 e. The molecule has 1 aromatic rings. The van der Waals surface area contributed by atoms with Gasteiger partial charge in [-0.15, -0.1) is 0 Å². The zero-order valence-corrected chi connectivity index (χ0v) is 10.8. The van der Waals surface area contributed by atoms with Gasteiger partial charge in [0, 0.05) is 5.56 Å². The molecule has 0 radical (unpaired) electrons. The van der Waals surface area contributed by atoms with E-state index in [1.807, 2.05) is 0 Å². The van der Waals surface area contributed by atoms with Gasteiger partial charge in [0.25, 0.3) is 5.78 Å². The van der Waals surface area contributed by atoms with Crippen LogP contribution in [-0.2, 0) is 9.59 Å². The lowest BCUT2D eigenvalue weighted by Crippen LogP contribution is -2.08. The van der Waals surface area contributed by atoms with E-state index in [4.69, 9.17) is 19.3 Å². The second-order valence-corrected chi connectivity index (χ2v) is 3.43. The minimum absolute atomic E-state index is 0.358. The first-order chi connectivity index (χ1) is 9.04. The van der Waals surface area contributed by atoms with Crippen LogP contribution >= 0.6 is 0 Å². The number of rotatable bonds is 6. The van der Waals surface area contributed by atoms with Gasteiger partial charge in [-0.05, 0) is 24.3 Å². The molecular weight excluding hydrogens is 252 g/mol. The summed E-state index contributed by atoms with van der Waals surface area (Å²) in [6, 6.07) is 3.26. The van der Waals surface area contributed by atoms with E-state index in [0.29, 0.717) is 22.8 Å². The highest BCUT2D eigenvalue weighted by atomic mass is 16.5. The number of carboxylic acids is 1. The van der Waals surface area contributed by atoms with Gasteiger partial charge in [-0.25, -0.2) is 4.79 Å². The molecule has 0 fully saturated rings. The number of hydrogen-bond donors (Lipinski definition) is 1. The van der Waals surface area contributed by atoms with Gasteiger partial charge >= 0.3 is 5.97 Å². The normalized spacial score (nSPS) is 10.3. The van der Waals surface area contributed by atoms with Crippen LogP contribution in [0.2, 0.25) is 0 Å². The molecule has 0 heterocycles. The molecule has 0 saturated carbocycles. The summed E-state index contributed by atoms with van der Waals surface area (Å²) in [6.45, 7) is 0. The van der Waals surface area contributed by atoms with Crippen molar-refractivity contribution in [3.05, 3.63) is 23.8 Å². The summed E-state index contributed by atoms with van der Waals surface area (Å²) in [7, 11) is 4.38. The molecule has 0 aliphatic rings. The predicted octanol–water partition coefficient (Wildman–Crippen LogP) is 1.38. The molecule has 0 aliphatic carbocycles. The Morgan fingerprint density at radius 1 is 1.05 bits per heavy atom. The lowest BCUT2D eigenvalue weighted by atomic mass is 10.1. The monoisotopic (exact) mass is 266 g/mol. The number of carbonyl (C=O) groups is 2. The molecule has 19 heavy (non-hydrogen) atoms. The van der Waals surface area contributed by atoms with Gasteiger partial charge < -0.3 is 19.3 Å². The van der Waals surface area contributed by atoms with Crippen molar-refractivity contribution in [1.29, 1.82) is 0 Å². The smallest absolute Gasteiger partial charge is 0.376 e. The molecule has 0 spiro atoms. The van der Waals surface area contributed by atoms with Crippen molar-refractivity contribution in [2.75, 3.05) is 21.3 Å². The van der Waals surface area contributed by atoms with Gasteiger partial charge in [0.2, 0.25) is 5.75 Å². The highest BCUT2D eigenvalue weighted by Crippen LogP contribution is 2.40. The largest absolute Gasteiger partial charge is 0.493 e. The van der Waals surface area contributed by atoms with Gasteiger partial charge in [0.1, 0.15) is 0 Å². The molecule has 0 amide bonds. The number of aliphatic carboxylic acids is 1. The Bertz CT molecular complexity index is 518. The van der Waals surface area contributed by atoms with Gasteiger partial charge in [-0.3, -0.25) is 4.79 Å². The molecule has 0 aliphatic heterocycles. The summed E-state index contributed by atoms with van der Waals surface area (Å²) in [4.78, 5) is 21.4. The first kappa shape index (κ1) is 14.6. The standard InChI is InChI=1S/C13H14O6/c1-17-10-7-5-8(4-6-9(14)13(15)16)11(18-2)12(10)19-3/h4-7H,1-3H3,(H,15,16)/b6-4+. The number of ketones is 1. The fraction of sp³-hybridized carbons (Fsp3) is 0.231. The second-order valence-electron chi connectivity index (χ2n) is 3.43. The maximum Gasteiger partial charge on any atom is 0.376 e. The van der Waals surface area contributed by atoms with Crippen LogP contribution < -0.4 is 14.2 Å². The van der Waals surface area contributed by atoms with Gasteiger partial charge in [0.15, 0.2) is 11.5 Å². The Kier molecular flexibility index (Phi) is 4.93. The van der Waals surface area contributed by atoms with Crippen LogP contribution in [0.4, 0.5) is 0 Å². The van der Waals surface area contributed by atoms with E-state index in [-0.39, 0.29) is 0 Å². The Morgan fingerprint density at radius 2 is 1.68 bits per heavy atom. The second kappa shape index (κ2) is 6.44. The molecule has 0 aromatic heterocycles. The van der Waals surface area contributed by atoms with Crippen LogP contribution in [-0.4, -0.2) is 38.2 Å². The molecule has 1 N–H and O–H groups in total. The zero-order chi connectivity index (χ0) is 14.4. The molecular formula is C13H14O6. The average Bonchev–Trinajstić information content (AvgIpc) is 2.42. The number of carboxylic acid groups (broad SMARTS) is 1. The summed E-state index contributed by atoms with van der Waals surface area (Å²) in [6.07, 6.45) is 2.29. The van der Waals surface area contributed by atoms with Crippen LogP contribution in [0.15, 0.2) is 18.2 Å². The van der Waals surface area contributed by atoms with Crippen molar-refractivity contribution in [3.63, 3.8) is 0 Å². The number of ether oxygens (including phenoxy) is 3. The maximum absolute atomic E-state index is 11.0. The SMILES string of the molecule is COc1ccc(/C=C/C(=O)C(=O)O)c(OC)c1OC. The lowest BCUT2D eigenvalue weighted by molar-refractivity contribution is -0.146. The van der Waals surface area contributed by atoms with Gasteiger partial charge in [0.05, 0.1) is 21.3 Å². The molecule has 0 atom stereocenters. The zero-order valence-electron chi connectivity index (χ0n) is 10.8. The van der Waals surface area contributed by atoms with Crippen LogP contribution in [0.1, 0.15) is 5.56 Å². The highest BCUT2D eigenvalue weighted by molar-refractivity contribution is 6.38. The van der Waals surface area contributed by atoms with Crippen molar-refractivity contribution in [1.82, 2.24) is 0 Å². The minimum atomic E-state index is -1.52. The van der Waals surface area contributed by atoms with Crippen LogP contribution in [0.5, 0.6) is 17.2 Å². The quantitative estimate of drug-likeness (QED) is 0.618. The molecule has 102 valence electrons. The van der Waals surface area contributed by atoms with Crippen molar-refractivity contribution in [2.45, 2.75) is 0 Å². The predicted molar refractivity (Wildman–Crippen MR) is 67.8 cm³/mol. The number of benzene rings is 1. The van der Waals surface area contributed by atoms with Crippen molar-refractivity contribution < 1.29 is 28.9 Å². The summed E-state index contributed by atoms with van der Waals surface area (Å²) < 4.78 is 15.5. The van der Waals surface area contributed by atoms with E-state index in [2.05, 4.69) is 0 Å². The molecule has 1 rings (SSSR count). The average molecular weight is 266 g/mol. The molecule has 1 aromatic carbocycles. The Hall–Kier alpha value is -2.50. The summed E-state index contributed by atoms with van der Waals surface area (Å²) >= 11 is 0. The lowest BCUT2D eigenvalue weighted by Gasteiger charge is -2.13. The number of hydrogen-bond acceptors (Lipinski definition) is 5. The summed E-state index contributed by atoms with van der Waals surface area (Å²) in [5.41, 5.74) is 0.509. The molecule has 0 bridgehead atoms. The number of carbonyl (C=O) groups excluding carboxylic acids is 1. The third kappa shape index (κ3) is 3.25. The molecule has 6 heteroatoms. The Labute approximate surface area is 110 Å². The maximum atomic E-state index is 11.0. The van der Waals surface area contributed by atoms with Gasteiger partial charge in [-0.2, -0.15) is 0 Å². The Balaban J connectivity index is 3.22. The van der Waals surface area contributed by atoms with E-state index < -0.39 is 11.8 Å². The molecule has 6 nitrogen and oxygen atoms in total. The molecule has 0 saturated heterocycles. The summed E-state index contributed by atoms with van der Waals surface area (Å²) in [5.74, 6) is -1.33. The van der Waals surface area contributed by atoms with E-state index in [9.17, 15) is 9.59 Å². The fourth-order valence-corrected chi connectivity index (χ4v) is 1.49. The van der Waals surface area contributed by atoms with Gasteiger partial charge in [-0.1, -0.05) is 0 Å². The first-order valence-corrected chi connectivity index (χ1v) is 5.29. The third-order valence-electron chi connectivity index (χ3n) is 2.36. The number of methoxy groups -OCH3 is 3. The third-order valence-corrected chi connectivity index (χ3v) is 2.36. The fourth-order valence-electron chi connectivity index (χ4n) is 1.49. The van der Waals surface area contributed by atoms with Crippen molar-refractivity contribution in [3.8, 4) is 17.2 Å². The Morgan fingerprint density at radius 3 is 2.16 bits per heavy atom. The highest BCUT2D eigenvalue weighted by Gasteiger charge is 2.15. The van der Waals surface area contributed by atoms with Crippen molar-refractivity contribution >= 4 is 17.8 Å². The van der Waals surface area contributed by atoms with E-state index in [0.717, 1.165) is 6.08 Å². The topological polar surface area (TPSA) is 82.1 Å². The van der Waals surface area contributed by atoms with Crippen LogP contribution in [0.3, 0.4) is 0 Å². The summed E-state index contributed by atoms with van der Waals surface area (Å²) in [5, 5.41) is 8.49. The first-order valence-electron chi connectivity index (χ1n) is 5.29. The van der Waals surface area contributed by atoms with Crippen LogP contribution in [0.25, 0.3) is 6.08 Å². The molecule has 0 unspecified atom stereocenters. The van der Waals surface area contributed by atoms with E-state index in [1.165, 1.54) is 27.4 Å². The van der Waals surface area contributed by atoms with Crippen molar-refractivity contribution in [2.24, 2.45) is 0 Å². The van der Waals surface area contributed by atoms with E-state index in [1.54, 1.807) is 12.1 Å². The van der Waals surface area contributed by atoms with E-state index >= 15 is 0 Å².